The molecule has 0 unspecified atom stereocenters. The van der Waals surface area contributed by atoms with Gasteiger partial charge in [-0.25, -0.2) is 9.59 Å². The van der Waals surface area contributed by atoms with Gasteiger partial charge in [-0.3, -0.25) is 0 Å². The number of hydrogen-bond donors (Lipinski definition) is 0. The largest absolute Gasteiger partial charge is 0.387 e. The summed E-state index contributed by atoms with van der Waals surface area (Å²) < 4.78 is 3.97. The van der Waals surface area contributed by atoms with E-state index < -0.39 is 11.9 Å². The van der Waals surface area contributed by atoms with Gasteiger partial charge in [0.1, 0.15) is 0 Å². The van der Waals surface area contributed by atoms with E-state index >= 15 is 0 Å². The summed E-state index contributed by atoms with van der Waals surface area (Å²) in [5.74, 6) is -1.16. The maximum Gasteiger partial charge on any atom is 0.338 e. The Balaban J connectivity index is 0.000000267. The third kappa shape index (κ3) is 7.33. The molecule has 1 aliphatic heterocycles. The van der Waals surface area contributed by atoms with Gasteiger partial charge < -0.3 is 4.74 Å². The first kappa shape index (κ1) is 15.0. The molecule has 90 valence electrons. The number of esters is 2. The van der Waals surface area contributed by atoms with Crippen molar-refractivity contribution in [2.24, 2.45) is 0 Å². The molecule has 0 radical (unpaired) electrons. The van der Waals surface area contributed by atoms with E-state index in [1.165, 1.54) is 25.7 Å². The maximum atomic E-state index is 9.92. The van der Waals surface area contributed by atoms with Gasteiger partial charge in [0.25, 0.3) is 0 Å². The van der Waals surface area contributed by atoms with Gasteiger partial charge in [0.05, 0.1) is 0 Å². The Morgan fingerprint density at radius 1 is 0.750 bits per heavy atom. The van der Waals surface area contributed by atoms with Crippen LogP contribution in [0.5, 0.6) is 0 Å². The Labute approximate surface area is 109 Å². The van der Waals surface area contributed by atoms with Crippen LogP contribution >= 0.6 is 0 Å². The molecule has 0 N–H and O–H groups in total. The van der Waals surface area contributed by atoms with Crippen molar-refractivity contribution in [3.63, 3.8) is 0 Å². The molecule has 1 aliphatic carbocycles. The third-order valence-corrected chi connectivity index (χ3v) is 1.89. The van der Waals surface area contributed by atoms with Gasteiger partial charge in [0, 0.05) is 32.6 Å². The standard InChI is InChI=1S/C8H12.C4H2O3.Pd/c1-2-4-6-8-7-5-3-1;5-3-1-2-4(6)7-3;/h1-2,7-8H,3-6H2;1-2H;/b2-1-,8-7-;;. The van der Waals surface area contributed by atoms with Crippen molar-refractivity contribution in [3.05, 3.63) is 36.5 Å². The molecular formula is C12H14O3Pd. The van der Waals surface area contributed by atoms with E-state index in [4.69, 9.17) is 0 Å². The van der Waals surface area contributed by atoms with Crippen molar-refractivity contribution < 1.29 is 34.7 Å². The Hall–Kier alpha value is -0.978. The van der Waals surface area contributed by atoms with Crippen molar-refractivity contribution in [2.45, 2.75) is 25.7 Å². The predicted molar refractivity (Wildman–Crippen MR) is 57.0 cm³/mol. The fourth-order valence-corrected chi connectivity index (χ4v) is 1.16. The van der Waals surface area contributed by atoms with Crippen molar-refractivity contribution >= 4 is 11.9 Å². The molecule has 4 heteroatoms. The second kappa shape index (κ2) is 9.26. The summed E-state index contributed by atoms with van der Waals surface area (Å²) in [5.41, 5.74) is 0. The molecule has 0 aromatic carbocycles. The van der Waals surface area contributed by atoms with Gasteiger partial charge in [-0.05, 0) is 25.7 Å². The summed E-state index contributed by atoms with van der Waals surface area (Å²) in [5, 5.41) is 0. The molecule has 0 fully saturated rings. The topological polar surface area (TPSA) is 43.4 Å². The number of cyclic esters (lactones) is 2. The minimum Gasteiger partial charge on any atom is -0.387 e. The van der Waals surface area contributed by atoms with Crippen LogP contribution in [0.3, 0.4) is 0 Å². The minimum atomic E-state index is -0.579. The summed E-state index contributed by atoms with van der Waals surface area (Å²) in [4.78, 5) is 19.8. The number of hydrogen-bond acceptors (Lipinski definition) is 3. The zero-order valence-corrected chi connectivity index (χ0v) is 10.4. The molecule has 0 spiro atoms. The van der Waals surface area contributed by atoms with E-state index in [2.05, 4.69) is 29.0 Å². The van der Waals surface area contributed by atoms with Crippen LogP contribution < -0.4 is 0 Å². The number of carbonyl (C=O) groups excluding carboxylic acids is 2. The molecule has 1 heterocycles. The average molecular weight is 313 g/mol. The van der Waals surface area contributed by atoms with E-state index in [0.29, 0.717) is 0 Å². The number of rotatable bonds is 0. The van der Waals surface area contributed by atoms with Crippen molar-refractivity contribution in [1.29, 1.82) is 0 Å². The molecule has 3 nitrogen and oxygen atoms in total. The molecule has 2 rings (SSSR count). The minimum absolute atomic E-state index is 0. The van der Waals surface area contributed by atoms with E-state index in [1.807, 2.05) is 0 Å². The molecular weight excluding hydrogens is 299 g/mol. The van der Waals surface area contributed by atoms with Crippen LogP contribution in [0.4, 0.5) is 0 Å². The number of allylic oxidation sites excluding steroid dienone is 4. The zero-order valence-electron chi connectivity index (χ0n) is 8.83. The summed E-state index contributed by atoms with van der Waals surface area (Å²) in [6.45, 7) is 0. The summed E-state index contributed by atoms with van der Waals surface area (Å²) in [6, 6.07) is 0. The monoisotopic (exact) mass is 312 g/mol. The van der Waals surface area contributed by atoms with Crippen LogP contribution in [0.25, 0.3) is 0 Å². The first-order valence-corrected chi connectivity index (χ1v) is 5.03. The first-order valence-electron chi connectivity index (χ1n) is 5.03. The zero-order chi connectivity index (χ0) is 10.9. The molecule has 0 bridgehead atoms. The van der Waals surface area contributed by atoms with Gasteiger partial charge in [-0.15, -0.1) is 0 Å². The summed E-state index contributed by atoms with van der Waals surface area (Å²) in [7, 11) is 0. The molecule has 0 saturated carbocycles. The smallest absolute Gasteiger partial charge is 0.338 e. The Morgan fingerprint density at radius 3 is 1.25 bits per heavy atom. The predicted octanol–water partition coefficient (Wildman–Crippen LogP) is 2.30. The molecule has 16 heavy (non-hydrogen) atoms. The Kier molecular flexibility index (Phi) is 8.70. The van der Waals surface area contributed by atoms with Gasteiger partial charge in [-0.1, -0.05) is 24.3 Å². The van der Waals surface area contributed by atoms with Gasteiger partial charge in [-0.2, -0.15) is 0 Å². The number of ether oxygens (including phenoxy) is 1. The van der Waals surface area contributed by atoms with Crippen LogP contribution in [0.1, 0.15) is 25.7 Å². The van der Waals surface area contributed by atoms with Crippen LogP contribution in [0.15, 0.2) is 36.5 Å². The Morgan fingerprint density at radius 2 is 1.06 bits per heavy atom. The quantitative estimate of drug-likeness (QED) is 0.298. The summed E-state index contributed by atoms with van der Waals surface area (Å²) >= 11 is 0. The maximum absolute atomic E-state index is 9.92. The molecule has 0 aromatic rings. The number of carbonyl (C=O) groups is 2. The van der Waals surface area contributed by atoms with E-state index in [-0.39, 0.29) is 20.4 Å². The molecule has 0 aromatic heterocycles. The van der Waals surface area contributed by atoms with Crippen molar-refractivity contribution in [2.75, 3.05) is 0 Å². The van der Waals surface area contributed by atoms with Crippen LogP contribution in [0.2, 0.25) is 0 Å². The second-order valence-electron chi connectivity index (χ2n) is 3.17. The molecule has 0 amide bonds. The first-order chi connectivity index (χ1) is 7.29. The fourth-order valence-electron chi connectivity index (χ4n) is 1.16. The Bertz CT molecular complexity index is 274. The SMILES string of the molecule is C1=C\CC/C=C\CC/1.O=C1C=CC(=O)O1.[Pd]. The molecule has 2 aliphatic rings. The van der Waals surface area contributed by atoms with Crippen LogP contribution in [-0.2, 0) is 34.7 Å². The van der Waals surface area contributed by atoms with Crippen molar-refractivity contribution in [1.82, 2.24) is 0 Å². The second-order valence-corrected chi connectivity index (χ2v) is 3.17. The van der Waals surface area contributed by atoms with E-state index in [9.17, 15) is 9.59 Å². The van der Waals surface area contributed by atoms with E-state index in [1.54, 1.807) is 0 Å². The normalized spacial score (nSPS) is 21.8. The molecule has 0 atom stereocenters. The molecule has 0 saturated heterocycles. The van der Waals surface area contributed by atoms with Crippen LogP contribution in [-0.4, -0.2) is 11.9 Å². The van der Waals surface area contributed by atoms with Crippen molar-refractivity contribution in [3.8, 4) is 0 Å². The van der Waals surface area contributed by atoms with Gasteiger partial charge >= 0.3 is 11.9 Å². The van der Waals surface area contributed by atoms with Crippen LogP contribution in [0, 0.1) is 0 Å². The fraction of sp³-hybridized carbons (Fsp3) is 0.333. The van der Waals surface area contributed by atoms with E-state index in [0.717, 1.165) is 12.2 Å². The third-order valence-electron chi connectivity index (χ3n) is 1.89. The summed E-state index contributed by atoms with van der Waals surface area (Å²) in [6.07, 6.45) is 16.2. The average Bonchev–Trinajstić information content (AvgIpc) is 2.49. The van der Waals surface area contributed by atoms with Gasteiger partial charge in [0.15, 0.2) is 0 Å². The van der Waals surface area contributed by atoms with Gasteiger partial charge in [0.2, 0.25) is 0 Å².